The molecular formula is C16H16N6O. The fourth-order valence-corrected chi connectivity index (χ4v) is 2.74. The van der Waals surface area contributed by atoms with Crippen LogP contribution in [0.25, 0.3) is 5.69 Å². The Balaban J connectivity index is 1.49. The molecule has 0 aromatic carbocycles. The molecule has 0 radical (unpaired) electrons. The average molecular weight is 308 g/mol. The Morgan fingerprint density at radius 2 is 2.22 bits per heavy atom. The molecule has 4 heterocycles. The van der Waals surface area contributed by atoms with E-state index in [2.05, 4.69) is 20.4 Å². The van der Waals surface area contributed by atoms with Crippen molar-refractivity contribution in [3.8, 4) is 5.69 Å². The number of carbonyl (C=O) groups is 1. The number of pyridine rings is 1. The lowest BCUT2D eigenvalue weighted by atomic mass is 10.1. The van der Waals surface area contributed by atoms with E-state index in [0.29, 0.717) is 11.5 Å². The molecule has 0 fully saturated rings. The van der Waals surface area contributed by atoms with Gasteiger partial charge in [0.25, 0.3) is 5.91 Å². The number of carbonyl (C=O) groups excluding carboxylic acids is 1. The van der Waals surface area contributed by atoms with Gasteiger partial charge in [-0.25, -0.2) is 9.97 Å². The number of amides is 1. The van der Waals surface area contributed by atoms with Gasteiger partial charge in [0.2, 0.25) is 0 Å². The van der Waals surface area contributed by atoms with Crippen LogP contribution in [-0.2, 0) is 13.0 Å². The number of anilines is 1. The third-order valence-electron chi connectivity index (χ3n) is 3.94. The van der Waals surface area contributed by atoms with Gasteiger partial charge in [-0.2, -0.15) is 5.10 Å². The van der Waals surface area contributed by atoms with Crippen molar-refractivity contribution in [1.82, 2.24) is 24.3 Å². The van der Waals surface area contributed by atoms with Gasteiger partial charge in [-0.05, 0) is 31.4 Å². The van der Waals surface area contributed by atoms with Crippen molar-refractivity contribution in [3.05, 3.63) is 54.5 Å². The van der Waals surface area contributed by atoms with Crippen LogP contribution in [0.5, 0.6) is 0 Å². The standard InChI is InChI=1S/C16H16N6O/c23-16(19-15-9-12-3-1-2-7-22(12)20-15)14-5-4-13(10-18-14)21-8-6-17-11-21/h4-6,8-11H,1-3,7H2,(H,19,20,23). The third-order valence-corrected chi connectivity index (χ3v) is 3.94. The van der Waals surface area contributed by atoms with Crippen LogP contribution in [0.15, 0.2) is 43.1 Å². The molecule has 0 saturated carbocycles. The average Bonchev–Trinajstić information content (AvgIpc) is 3.24. The Morgan fingerprint density at radius 3 is 2.96 bits per heavy atom. The van der Waals surface area contributed by atoms with E-state index in [9.17, 15) is 4.79 Å². The molecule has 116 valence electrons. The zero-order chi connectivity index (χ0) is 15.6. The summed E-state index contributed by atoms with van der Waals surface area (Å²) in [6, 6.07) is 5.47. The highest BCUT2D eigenvalue weighted by Gasteiger charge is 2.15. The Kier molecular flexibility index (Phi) is 3.38. The maximum absolute atomic E-state index is 12.3. The van der Waals surface area contributed by atoms with Crippen LogP contribution in [0.4, 0.5) is 5.82 Å². The molecule has 0 spiro atoms. The number of fused-ring (bicyclic) bond motifs is 1. The second-order valence-electron chi connectivity index (χ2n) is 5.53. The van der Waals surface area contributed by atoms with Crippen LogP contribution in [0.3, 0.4) is 0 Å². The molecular weight excluding hydrogens is 292 g/mol. The van der Waals surface area contributed by atoms with Crippen LogP contribution in [0.2, 0.25) is 0 Å². The summed E-state index contributed by atoms with van der Waals surface area (Å²) in [5.74, 6) is 0.338. The predicted molar refractivity (Wildman–Crippen MR) is 84.5 cm³/mol. The second kappa shape index (κ2) is 5.68. The molecule has 0 bridgehead atoms. The van der Waals surface area contributed by atoms with E-state index in [1.807, 2.05) is 27.6 Å². The first kappa shape index (κ1) is 13.7. The zero-order valence-electron chi connectivity index (χ0n) is 12.5. The van der Waals surface area contributed by atoms with Crippen molar-refractivity contribution in [1.29, 1.82) is 0 Å². The largest absolute Gasteiger partial charge is 0.305 e. The van der Waals surface area contributed by atoms with Gasteiger partial charge in [-0.15, -0.1) is 0 Å². The van der Waals surface area contributed by atoms with Gasteiger partial charge in [0.15, 0.2) is 5.82 Å². The SMILES string of the molecule is O=C(Nc1cc2n(n1)CCCC2)c1ccc(-n2ccnc2)cn1. The van der Waals surface area contributed by atoms with Crippen LogP contribution >= 0.6 is 0 Å². The fraction of sp³-hybridized carbons (Fsp3) is 0.250. The van der Waals surface area contributed by atoms with E-state index in [0.717, 1.165) is 25.1 Å². The third kappa shape index (κ3) is 2.73. The quantitative estimate of drug-likeness (QED) is 0.803. The van der Waals surface area contributed by atoms with Gasteiger partial charge >= 0.3 is 0 Å². The summed E-state index contributed by atoms with van der Waals surface area (Å²) in [6.07, 6.45) is 10.2. The van der Waals surface area contributed by atoms with Crippen LogP contribution in [-0.4, -0.2) is 30.2 Å². The number of nitrogens with zero attached hydrogens (tertiary/aromatic N) is 5. The Hall–Kier alpha value is -2.96. The molecule has 23 heavy (non-hydrogen) atoms. The van der Waals surface area contributed by atoms with Crippen LogP contribution in [0.1, 0.15) is 29.0 Å². The lowest BCUT2D eigenvalue weighted by molar-refractivity contribution is 0.102. The molecule has 0 unspecified atom stereocenters. The van der Waals surface area contributed by atoms with Gasteiger partial charge < -0.3 is 9.88 Å². The number of aryl methyl sites for hydroxylation is 2. The summed E-state index contributed by atoms with van der Waals surface area (Å²) in [7, 11) is 0. The molecule has 4 rings (SSSR count). The number of hydrogen-bond donors (Lipinski definition) is 1. The summed E-state index contributed by atoms with van der Waals surface area (Å²) in [4.78, 5) is 20.5. The highest BCUT2D eigenvalue weighted by molar-refractivity contribution is 6.02. The first-order chi connectivity index (χ1) is 11.3. The first-order valence-corrected chi connectivity index (χ1v) is 7.62. The molecule has 1 aliphatic heterocycles. The normalized spacial score (nSPS) is 13.6. The molecule has 1 amide bonds. The van der Waals surface area contributed by atoms with Gasteiger partial charge in [0.1, 0.15) is 5.69 Å². The van der Waals surface area contributed by atoms with E-state index in [4.69, 9.17) is 0 Å². The van der Waals surface area contributed by atoms with Crippen molar-refractivity contribution >= 4 is 11.7 Å². The van der Waals surface area contributed by atoms with E-state index in [1.54, 1.807) is 24.8 Å². The summed E-state index contributed by atoms with van der Waals surface area (Å²) in [5.41, 5.74) is 2.39. The summed E-state index contributed by atoms with van der Waals surface area (Å²) in [5, 5.41) is 7.24. The van der Waals surface area contributed by atoms with Crippen LogP contribution < -0.4 is 5.32 Å². The highest BCUT2D eigenvalue weighted by atomic mass is 16.2. The molecule has 0 atom stereocenters. The zero-order valence-corrected chi connectivity index (χ0v) is 12.5. The number of imidazole rings is 1. The minimum Gasteiger partial charge on any atom is -0.305 e. The van der Waals surface area contributed by atoms with Crippen molar-refractivity contribution in [3.63, 3.8) is 0 Å². The fourth-order valence-electron chi connectivity index (χ4n) is 2.74. The molecule has 7 heteroatoms. The maximum Gasteiger partial charge on any atom is 0.275 e. The molecule has 1 aliphatic rings. The summed E-state index contributed by atoms with van der Waals surface area (Å²) in [6.45, 7) is 0.920. The van der Waals surface area contributed by atoms with Crippen molar-refractivity contribution in [2.24, 2.45) is 0 Å². The van der Waals surface area contributed by atoms with Crippen molar-refractivity contribution in [2.45, 2.75) is 25.8 Å². The molecule has 0 saturated heterocycles. The minimum atomic E-state index is -0.252. The highest BCUT2D eigenvalue weighted by Crippen LogP contribution is 2.18. The van der Waals surface area contributed by atoms with Gasteiger partial charge in [-0.1, -0.05) is 0 Å². The number of aromatic nitrogens is 5. The minimum absolute atomic E-state index is 0.252. The molecule has 3 aromatic rings. The lowest BCUT2D eigenvalue weighted by Gasteiger charge is -2.11. The van der Waals surface area contributed by atoms with Crippen molar-refractivity contribution in [2.75, 3.05) is 5.32 Å². The predicted octanol–water partition coefficient (Wildman–Crippen LogP) is 2.05. The molecule has 0 aliphatic carbocycles. The van der Waals surface area contributed by atoms with E-state index < -0.39 is 0 Å². The molecule has 1 N–H and O–H groups in total. The molecule has 3 aromatic heterocycles. The van der Waals surface area contributed by atoms with Gasteiger partial charge in [0, 0.05) is 30.7 Å². The number of rotatable bonds is 3. The topological polar surface area (TPSA) is 77.6 Å². The first-order valence-electron chi connectivity index (χ1n) is 7.62. The maximum atomic E-state index is 12.3. The lowest BCUT2D eigenvalue weighted by Crippen LogP contribution is -2.15. The second-order valence-corrected chi connectivity index (χ2v) is 5.53. The number of nitrogens with one attached hydrogen (secondary N) is 1. The van der Waals surface area contributed by atoms with Gasteiger partial charge in [0.05, 0.1) is 18.2 Å². The van der Waals surface area contributed by atoms with Gasteiger partial charge in [-0.3, -0.25) is 9.48 Å². The van der Waals surface area contributed by atoms with Crippen LogP contribution in [0, 0.1) is 0 Å². The Labute approximate surface area is 133 Å². The number of hydrogen-bond acceptors (Lipinski definition) is 4. The monoisotopic (exact) mass is 308 g/mol. The summed E-state index contributed by atoms with van der Waals surface area (Å²) < 4.78 is 3.80. The van der Waals surface area contributed by atoms with E-state index in [1.165, 1.54) is 12.1 Å². The smallest absolute Gasteiger partial charge is 0.275 e. The van der Waals surface area contributed by atoms with E-state index >= 15 is 0 Å². The Morgan fingerprint density at radius 1 is 1.26 bits per heavy atom. The van der Waals surface area contributed by atoms with E-state index in [-0.39, 0.29) is 5.91 Å². The Bertz CT molecular complexity index is 795. The summed E-state index contributed by atoms with van der Waals surface area (Å²) >= 11 is 0. The van der Waals surface area contributed by atoms with Crippen molar-refractivity contribution < 1.29 is 4.79 Å². The molecule has 7 nitrogen and oxygen atoms in total.